The molecular formula is C16H14FN5. The zero-order valence-corrected chi connectivity index (χ0v) is 11.7. The number of nitrogens with zero attached hydrogens (tertiary/aromatic N) is 3. The topological polar surface area (TPSA) is 90.7 Å². The van der Waals surface area contributed by atoms with Crippen LogP contribution in [0.25, 0.3) is 22.5 Å². The van der Waals surface area contributed by atoms with E-state index in [0.29, 0.717) is 17.0 Å². The number of hydrogen-bond acceptors (Lipinski definition) is 5. The van der Waals surface area contributed by atoms with Gasteiger partial charge in [-0.3, -0.25) is 4.98 Å². The molecule has 4 N–H and O–H groups in total. The van der Waals surface area contributed by atoms with Crippen molar-refractivity contribution in [2.45, 2.75) is 6.54 Å². The van der Waals surface area contributed by atoms with Gasteiger partial charge in [-0.1, -0.05) is 0 Å². The van der Waals surface area contributed by atoms with E-state index in [4.69, 9.17) is 11.5 Å². The number of aromatic nitrogens is 3. The van der Waals surface area contributed by atoms with E-state index in [1.165, 1.54) is 6.07 Å². The van der Waals surface area contributed by atoms with E-state index in [2.05, 4.69) is 15.0 Å². The molecule has 110 valence electrons. The van der Waals surface area contributed by atoms with Crippen molar-refractivity contribution in [1.29, 1.82) is 0 Å². The predicted molar refractivity (Wildman–Crippen MR) is 83.0 cm³/mol. The molecule has 0 aliphatic carbocycles. The molecule has 2 heterocycles. The second kappa shape index (κ2) is 5.87. The first kappa shape index (κ1) is 14.1. The Balaban J connectivity index is 2.16. The molecule has 0 fully saturated rings. The lowest BCUT2D eigenvalue weighted by molar-refractivity contribution is 0.611. The molecule has 0 aliphatic heterocycles. The van der Waals surface area contributed by atoms with Gasteiger partial charge >= 0.3 is 0 Å². The van der Waals surface area contributed by atoms with Crippen LogP contribution in [0.2, 0.25) is 0 Å². The molecule has 0 spiro atoms. The van der Waals surface area contributed by atoms with Crippen molar-refractivity contribution >= 4 is 5.95 Å². The van der Waals surface area contributed by atoms with E-state index in [0.717, 1.165) is 11.1 Å². The predicted octanol–water partition coefficient (Wildman–Crippen LogP) is 2.39. The summed E-state index contributed by atoms with van der Waals surface area (Å²) in [7, 11) is 0. The van der Waals surface area contributed by atoms with Crippen LogP contribution in [0.4, 0.5) is 10.3 Å². The van der Waals surface area contributed by atoms with Gasteiger partial charge in [-0.2, -0.15) is 0 Å². The number of rotatable bonds is 3. The van der Waals surface area contributed by atoms with Crippen LogP contribution in [0.5, 0.6) is 0 Å². The normalized spacial score (nSPS) is 10.6. The third-order valence-corrected chi connectivity index (χ3v) is 3.30. The minimum atomic E-state index is -0.324. The van der Waals surface area contributed by atoms with Crippen LogP contribution in [-0.2, 0) is 6.54 Å². The van der Waals surface area contributed by atoms with Crippen LogP contribution >= 0.6 is 0 Å². The largest absolute Gasteiger partial charge is 0.368 e. The number of hydrogen-bond donors (Lipinski definition) is 2. The minimum absolute atomic E-state index is 0.127. The van der Waals surface area contributed by atoms with Crippen molar-refractivity contribution in [3.8, 4) is 22.5 Å². The molecule has 0 atom stereocenters. The molecule has 0 aliphatic rings. The van der Waals surface area contributed by atoms with E-state index < -0.39 is 0 Å². The van der Waals surface area contributed by atoms with Crippen molar-refractivity contribution in [3.05, 3.63) is 60.2 Å². The fraction of sp³-hybridized carbons (Fsp3) is 0.0625. The maximum absolute atomic E-state index is 13.6. The number of nitrogen functional groups attached to an aromatic ring is 1. The molecular weight excluding hydrogens is 281 g/mol. The molecule has 3 rings (SSSR count). The molecule has 0 saturated heterocycles. The number of halogens is 1. The monoisotopic (exact) mass is 295 g/mol. The maximum Gasteiger partial charge on any atom is 0.220 e. The highest BCUT2D eigenvalue weighted by Crippen LogP contribution is 2.30. The van der Waals surface area contributed by atoms with Gasteiger partial charge in [0.05, 0.1) is 11.4 Å². The van der Waals surface area contributed by atoms with Gasteiger partial charge in [-0.05, 0) is 36.4 Å². The molecule has 5 nitrogen and oxygen atoms in total. The first-order valence-electron chi connectivity index (χ1n) is 6.72. The molecule has 6 heteroatoms. The fourth-order valence-electron chi connectivity index (χ4n) is 2.24. The highest BCUT2D eigenvalue weighted by Gasteiger charge is 2.12. The fourth-order valence-corrected chi connectivity index (χ4v) is 2.24. The first-order valence-corrected chi connectivity index (χ1v) is 6.72. The molecule has 22 heavy (non-hydrogen) atoms. The molecule has 0 amide bonds. The average molecular weight is 295 g/mol. The van der Waals surface area contributed by atoms with Gasteiger partial charge in [0, 0.05) is 35.6 Å². The zero-order chi connectivity index (χ0) is 15.5. The molecule has 1 aromatic carbocycles. The number of benzene rings is 1. The lowest BCUT2D eigenvalue weighted by Crippen LogP contribution is -2.01. The second-order valence-corrected chi connectivity index (χ2v) is 4.71. The van der Waals surface area contributed by atoms with Gasteiger partial charge in [0.25, 0.3) is 0 Å². The summed E-state index contributed by atoms with van der Waals surface area (Å²) < 4.78 is 13.6. The van der Waals surface area contributed by atoms with Crippen molar-refractivity contribution in [3.63, 3.8) is 0 Å². The van der Waals surface area contributed by atoms with Crippen LogP contribution < -0.4 is 11.5 Å². The number of pyridine rings is 1. The average Bonchev–Trinajstić information content (AvgIpc) is 2.55. The van der Waals surface area contributed by atoms with Crippen LogP contribution in [-0.4, -0.2) is 15.0 Å². The number of nitrogens with two attached hydrogens (primary N) is 2. The van der Waals surface area contributed by atoms with Crippen molar-refractivity contribution < 1.29 is 4.39 Å². The summed E-state index contributed by atoms with van der Waals surface area (Å²) in [4.78, 5) is 12.5. The van der Waals surface area contributed by atoms with E-state index in [1.54, 1.807) is 30.6 Å². The van der Waals surface area contributed by atoms with Gasteiger partial charge in [-0.15, -0.1) is 0 Å². The smallest absolute Gasteiger partial charge is 0.220 e. The molecule has 2 aromatic heterocycles. The Morgan fingerprint density at radius 2 is 1.91 bits per heavy atom. The summed E-state index contributed by atoms with van der Waals surface area (Å²) in [6.45, 7) is 0.127. The Morgan fingerprint density at radius 3 is 2.68 bits per heavy atom. The Labute approximate surface area is 126 Å². The van der Waals surface area contributed by atoms with Gasteiger partial charge in [-0.25, -0.2) is 14.4 Å². The summed E-state index contributed by atoms with van der Waals surface area (Å²) >= 11 is 0. The van der Waals surface area contributed by atoms with Crippen molar-refractivity contribution in [2.75, 3.05) is 5.73 Å². The summed E-state index contributed by atoms with van der Waals surface area (Å²) in [5.74, 6) is -0.135. The van der Waals surface area contributed by atoms with Gasteiger partial charge < -0.3 is 11.5 Å². The van der Waals surface area contributed by atoms with Crippen LogP contribution in [0.3, 0.4) is 0 Å². The standard InChI is InChI=1S/C16H14FN5/c17-13-4-3-10(8-11(13)9-18)15-12(2-1-6-20-15)14-5-7-21-16(19)22-14/h1-8H,9,18H2,(H2,19,21,22). The van der Waals surface area contributed by atoms with Crippen molar-refractivity contribution in [1.82, 2.24) is 15.0 Å². The number of anilines is 1. The Bertz CT molecular complexity index is 819. The summed E-state index contributed by atoms with van der Waals surface area (Å²) in [6, 6.07) is 10.2. The maximum atomic E-state index is 13.6. The third-order valence-electron chi connectivity index (χ3n) is 3.30. The van der Waals surface area contributed by atoms with Gasteiger partial charge in [0.1, 0.15) is 5.82 Å². The van der Waals surface area contributed by atoms with E-state index >= 15 is 0 Å². The van der Waals surface area contributed by atoms with Crippen LogP contribution in [0.1, 0.15) is 5.56 Å². The molecule has 0 saturated carbocycles. The highest BCUT2D eigenvalue weighted by molar-refractivity contribution is 5.79. The first-order chi connectivity index (χ1) is 10.7. The molecule has 0 unspecified atom stereocenters. The SMILES string of the molecule is NCc1cc(-c2ncccc2-c2ccnc(N)n2)ccc1F. The third kappa shape index (κ3) is 2.64. The quantitative estimate of drug-likeness (QED) is 0.774. The van der Waals surface area contributed by atoms with E-state index in [-0.39, 0.29) is 18.3 Å². The minimum Gasteiger partial charge on any atom is -0.368 e. The summed E-state index contributed by atoms with van der Waals surface area (Å²) in [5, 5.41) is 0. The van der Waals surface area contributed by atoms with E-state index in [9.17, 15) is 4.39 Å². The zero-order valence-electron chi connectivity index (χ0n) is 11.7. The lowest BCUT2D eigenvalue weighted by atomic mass is 10.0. The summed E-state index contributed by atoms with van der Waals surface area (Å²) in [6.07, 6.45) is 3.26. The Kier molecular flexibility index (Phi) is 3.76. The second-order valence-electron chi connectivity index (χ2n) is 4.71. The molecule has 0 radical (unpaired) electrons. The van der Waals surface area contributed by atoms with Crippen LogP contribution in [0, 0.1) is 5.82 Å². The van der Waals surface area contributed by atoms with Crippen molar-refractivity contribution in [2.24, 2.45) is 5.73 Å². The van der Waals surface area contributed by atoms with Gasteiger partial charge in [0.2, 0.25) is 5.95 Å². The summed E-state index contributed by atoms with van der Waals surface area (Å²) in [5.41, 5.74) is 14.6. The Hall–Kier alpha value is -2.86. The highest BCUT2D eigenvalue weighted by atomic mass is 19.1. The van der Waals surface area contributed by atoms with Gasteiger partial charge in [0.15, 0.2) is 0 Å². The van der Waals surface area contributed by atoms with Crippen LogP contribution in [0.15, 0.2) is 48.8 Å². The molecule has 0 bridgehead atoms. The van der Waals surface area contributed by atoms with E-state index in [1.807, 2.05) is 12.1 Å². The molecule has 3 aromatic rings. The Morgan fingerprint density at radius 1 is 1.05 bits per heavy atom. The lowest BCUT2D eigenvalue weighted by Gasteiger charge is -2.10.